The highest BCUT2D eigenvalue weighted by atomic mass is 32.2. The summed E-state index contributed by atoms with van der Waals surface area (Å²) < 4.78 is 49.3. The second kappa shape index (κ2) is 11.3. The predicted molar refractivity (Wildman–Crippen MR) is 158 cm³/mol. The van der Waals surface area contributed by atoms with Crippen LogP contribution in [0.3, 0.4) is 0 Å². The number of pyridine rings is 2. The minimum atomic E-state index is -3.70. The van der Waals surface area contributed by atoms with Gasteiger partial charge >= 0.3 is 0 Å². The second-order valence-electron chi connectivity index (χ2n) is 11.0. The van der Waals surface area contributed by atoms with E-state index in [1.54, 1.807) is 60.5 Å². The van der Waals surface area contributed by atoms with E-state index >= 15 is 4.39 Å². The number of benzene rings is 2. The fraction of sp³-hybridized carbons (Fsp3) is 0.226. The van der Waals surface area contributed by atoms with Crippen LogP contribution in [0.25, 0.3) is 10.9 Å². The maximum atomic E-state index is 15.3. The number of aryl methyl sites for hydroxylation is 1. The maximum Gasteiger partial charge on any atom is 0.228 e. The number of hydrogen-bond acceptors (Lipinski definition) is 7. The van der Waals surface area contributed by atoms with Crippen molar-refractivity contribution < 1.29 is 22.3 Å². The summed E-state index contributed by atoms with van der Waals surface area (Å²) in [5.41, 5.74) is 2.33. The number of hydrogen-bond donors (Lipinski definition) is 1. The number of aromatic nitrogens is 4. The van der Waals surface area contributed by atoms with Gasteiger partial charge < -0.3 is 10.1 Å². The first-order valence-electron chi connectivity index (χ1n) is 13.2. The van der Waals surface area contributed by atoms with Crippen LogP contribution in [-0.4, -0.2) is 34.1 Å². The Morgan fingerprint density at radius 3 is 2.55 bits per heavy atom. The molecule has 0 spiro atoms. The number of fused-ring (bicyclic) bond motifs is 1. The molecule has 0 aliphatic carbocycles. The van der Waals surface area contributed by atoms with E-state index in [4.69, 9.17) is 4.74 Å². The largest absolute Gasteiger partial charge is 0.453 e. The minimum absolute atomic E-state index is 0.0262. The number of carbonyl (C=O) groups is 1. The molecule has 5 rings (SSSR count). The third kappa shape index (κ3) is 6.46. The van der Waals surface area contributed by atoms with E-state index in [0.29, 0.717) is 33.3 Å². The SMILES string of the molecule is Cc1cc(CC(=O)Nc2cnn(C(C)(C)C)c2)cc(F)c1Oc1ccnc2ccc(S(=O)(=O)Cc3cccnc3)cc12. The fourth-order valence-corrected chi connectivity index (χ4v) is 5.81. The number of ether oxygens (including phenoxy) is 1. The molecular weight excluding hydrogens is 557 g/mol. The molecule has 11 heteroatoms. The number of carbonyl (C=O) groups excluding carboxylic acids is 1. The third-order valence-corrected chi connectivity index (χ3v) is 8.22. The Labute approximate surface area is 243 Å². The summed E-state index contributed by atoms with van der Waals surface area (Å²) in [6, 6.07) is 12.4. The van der Waals surface area contributed by atoms with Crippen LogP contribution in [0.5, 0.6) is 11.5 Å². The van der Waals surface area contributed by atoms with Gasteiger partial charge in [0, 0.05) is 30.2 Å². The van der Waals surface area contributed by atoms with Crippen molar-refractivity contribution in [2.45, 2.75) is 50.3 Å². The summed E-state index contributed by atoms with van der Waals surface area (Å²) in [6.07, 6.45) is 7.86. The van der Waals surface area contributed by atoms with Gasteiger partial charge in [-0.15, -0.1) is 0 Å². The summed E-state index contributed by atoms with van der Waals surface area (Å²) in [4.78, 5) is 21.0. The van der Waals surface area contributed by atoms with Crippen LogP contribution in [0, 0.1) is 12.7 Å². The van der Waals surface area contributed by atoms with E-state index < -0.39 is 15.7 Å². The Balaban J connectivity index is 1.36. The molecule has 1 amide bonds. The van der Waals surface area contributed by atoms with E-state index in [9.17, 15) is 13.2 Å². The molecule has 0 fully saturated rings. The smallest absolute Gasteiger partial charge is 0.228 e. The molecule has 42 heavy (non-hydrogen) atoms. The number of rotatable bonds is 8. The molecule has 2 aromatic carbocycles. The average molecular weight is 588 g/mol. The zero-order valence-corrected chi connectivity index (χ0v) is 24.4. The normalized spacial score (nSPS) is 11.9. The number of nitrogens with one attached hydrogen (secondary N) is 1. The molecule has 0 unspecified atom stereocenters. The van der Waals surface area contributed by atoms with Crippen molar-refractivity contribution in [1.82, 2.24) is 19.7 Å². The van der Waals surface area contributed by atoms with E-state index in [0.717, 1.165) is 0 Å². The monoisotopic (exact) mass is 587 g/mol. The number of nitrogens with zero attached hydrogens (tertiary/aromatic N) is 4. The lowest BCUT2D eigenvalue weighted by Gasteiger charge is -2.18. The van der Waals surface area contributed by atoms with Gasteiger partial charge in [-0.1, -0.05) is 12.1 Å². The van der Waals surface area contributed by atoms with Crippen molar-refractivity contribution in [2.75, 3.05) is 5.32 Å². The van der Waals surface area contributed by atoms with Crippen LogP contribution < -0.4 is 10.1 Å². The van der Waals surface area contributed by atoms with Crippen LogP contribution in [0.4, 0.5) is 10.1 Å². The number of anilines is 1. The first-order valence-corrected chi connectivity index (χ1v) is 14.9. The molecule has 0 saturated carbocycles. The predicted octanol–water partition coefficient (Wildman–Crippen LogP) is 5.98. The second-order valence-corrected chi connectivity index (χ2v) is 13.0. The molecule has 0 aliphatic heterocycles. The van der Waals surface area contributed by atoms with Gasteiger partial charge in [0.25, 0.3) is 0 Å². The molecule has 216 valence electrons. The molecule has 0 atom stereocenters. The standard InChI is InChI=1S/C31H30FN5O4S/c1-20-12-22(14-29(38)36-23-17-35-37(18-23)31(2,3)4)13-26(32)30(20)41-28-9-11-34-27-8-7-24(15-25(27)28)42(39,40)19-21-6-5-10-33-16-21/h5-13,15-18H,14,19H2,1-4H3,(H,36,38). The molecule has 3 heterocycles. The van der Waals surface area contributed by atoms with Crippen LogP contribution in [-0.2, 0) is 32.3 Å². The maximum absolute atomic E-state index is 15.3. The molecular formula is C31H30FN5O4S. The highest BCUT2D eigenvalue weighted by Crippen LogP contribution is 2.34. The van der Waals surface area contributed by atoms with Gasteiger partial charge in [0.15, 0.2) is 21.4 Å². The Bertz CT molecular complexity index is 1860. The lowest BCUT2D eigenvalue weighted by molar-refractivity contribution is -0.115. The van der Waals surface area contributed by atoms with Crippen molar-refractivity contribution in [2.24, 2.45) is 0 Å². The van der Waals surface area contributed by atoms with Crippen molar-refractivity contribution in [3.05, 3.63) is 102 Å². The van der Waals surface area contributed by atoms with Gasteiger partial charge in [0.1, 0.15) is 5.75 Å². The quantitative estimate of drug-likeness (QED) is 0.238. The lowest BCUT2D eigenvalue weighted by atomic mass is 10.1. The van der Waals surface area contributed by atoms with Gasteiger partial charge in [-0.3, -0.25) is 19.4 Å². The zero-order valence-electron chi connectivity index (χ0n) is 23.6. The molecule has 0 radical (unpaired) electrons. The van der Waals surface area contributed by atoms with E-state index in [1.165, 1.54) is 30.6 Å². The summed E-state index contributed by atoms with van der Waals surface area (Å²) in [6.45, 7) is 7.68. The van der Waals surface area contributed by atoms with Gasteiger partial charge in [-0.05, 0) is 80.8 Å². The molecule has 9 nitrogen and oxygen atoms in total. The van der Waals surface area contributed by atoms with Crippen molar-refractivity contribution in [3.63, 3.8) is 0 Å². The topological polar surface area (TPSA) is 116 Å². The number of halogens is 1. The molecule has 3 aromatic heterocycles. The van der Waals surface area contributed by atoms with Crippen molar-refractivity contribution in [3.8, 4) is 11.5 Å². The Morgan fingerprint density at radius 1 is 1.05 bits per heavy atom. The summed E-state index contributed by atoms with van der Waals surface area (Å²) in [5.74, 6) is -0.951. The van der Waals surface area contributed by atoms with Crippen molar-refractivity contribution >= 4 is 32.3 Å². The Morgan fingerprint density at radius 2 is 1.86 bits per heavy atom. The Hall–Kier alpha value is -4.64. The first-order chi connectivity index (χ1) is 19.9. The number of amides is 1. The minimum Gasteiger partial charge on any atom is -0.453 e. The van der Waals surface area contributed by atoms with Crippen LogP contribution in [0.2, 0.25) is 0 Å². The van der Waals surface area contributed by atoms with Gasteiger partial charge in [0.05, 0.1) is 40.0 Å². The van der Waals surface area contributed by atoms with E-state index in [2.05, 4.69) is 20.4 Å². The molecule has 0 saturated heterocycles. The van der Waals surface area contributed by atoms with Crippen LogP contribution in [0.1, 0.15) is 37.5 Å². The van der Waals surface area contributed by atoms with Crippen LogP contribution >= 0.6 is 0 Å². The zero-order chi connectivity index (χ0) is 30.1. The average Bonchev–Trinajstić information content (AvgIpc) is 3.40. The van der Waals surface area contributed by atoms with Gasteiger partial charge in [-0.2, -0.15) is 5.10 Å². The number of sulfone groups is 1. The van der Waals surface area contributed by atoms with Gasteiger partial charge in [0.2, 0.25) is 5.91 Å². The Kier molecular flexibility index (Phi) is 7.79. The first kappa shape index (κ1) is 28.9. The highest BCUT2D eigenvalue weighted by molar-refractivity contribution is 7.90. The molecule has 0 aliphatic rings. The van der Waals surface area contributed by atoms with Gasteiger partial charge in [-0.25, -0.2) is 12.8 Å². The summed E-state index contributed by atoms with van der Waals surface area (Å²) >= 11 is 0. The summed E-state index contributed by atoms with van der Waals surface area (Å²) in [7, 11) is -3.70. The lowest BCUT2D eigenvalue weighted by Crippen LogP contribution is -2.22. The van der Waals surface area contributed by atoms with Crippen LogP contribution in [0.15, 0.2) is 84.4 Å². The highest BCUT2D eigenvalue weighted by Gasteiger charge is 2.20. The molecule has 1 N–H and O–H groups in total. The molecule has 5 aromatic rings. The summed E-state index contributed by atoms with van der Waals surface area (Å²) in [5, 5.41) is 7.48. The van der Waals surface area contributed by atoms with E-state index in [-0.39, 0.29) is 40.0 Å². The van der Waals surface area contributed by atoms with E-state index in [1.807, 2.05) is 20.8 Å². The van der Waals surface area contributed by atoms with Crippen molar-refractivity contribution in [1.29, 1.82) is 0 Å². The third-order valence-electron chi connectivity index (χ3n) is 6.53. The fourth-order valence-electron chi connectivity index (χ4n) is 4.46. The molecule has 0 bridgehead atoms.